The Hall–Kier alpha value is -1.10. The molecule has 0 unspecified atom stereocenters. The highest BCUT2D eigenvalue weighted by Gasteiger charge is 2.40. The van der Waals surface area contributed by atoms with Gasteiger partial charge in [0, 0.05) is 23.1 Å². The number of benzene rings is 1. The molecule has 1 amide bonds. The van der Waals surface area contributed by atoms with Gasteiger partial charge in [0.1, 0.15) is 12.1 Å². The van der Waals surface area contributed by atoms with Crippen LogP contribution in [0.4, 0.5) is 0 Å². The summed E-state index contributed by atoms with van der Waals surface area (Å²) in [7, 11) is -4.02. The van der Waals surface area contributed by atoms with Gasteiger partial charge >= 0.3 is 5.97 Å². The van der Waals surface area contributed by atoms with Crippen molar-refractivity contribution in [2.75, 3.05) is 13.1 Å². The molecule has 0 aromatic heterocycles. The third-order valence-electron chi connectivity index (χ3n) is 3.80. The van der Waals surface area contributed by atoms with Crippen LogP contribution in [0.15, 0.2) is 23.1 Å². The van der Waals surface area contributed by atoms with Gasteiger partial charge in [0.05, 0.1) is 4.90 Å². The fourth-order valence-corrected chi connectivity index (χ4v) is 4.98. The number of nitrogens with zero attached hydrogens (tertiary/aromatic N) is 1. The number of amides is 1. The van der Waals surface area contributed by atoms with Gasteiger partial charge in [-0.05, 0) is 31.0 Å². The number of sulfonamides is 1. The fourth-order valence-electron chi connectivity index (χ4n) is 2.59. The van der Waals surface area contributed by atoms with Crippen LogP contribution in [-0.4, -0.2) is 54.9 Å². The number of rotatable bonds is 6. The van der Waals surface area contributed by atoms with Crippen molar-refractivity contribution < 1.29 is 23.1 Å². The first-order chi connectivity index (χ1) is 11.7. The molecule has 4 N–H and O–H groups in total. The second-order valence-electron chi connectivity index (χ2n) is 5.51. The molecule has 1 aromatic rings. The zero-order valence-corrected chi connectivity index (χ0v) is 16.5. The molecule has 1 fully saturated rings. The number of carbonyl (C=O) groups excluding carboxylic acids is 1. The molecule has 2 atom stereocenters. The molecule has 146 valence electrons. The first-order valence-electron chi connectivity index (χ1n) is 7.38. The Labute approximate surface area is 167 Å². The second kappa shape index (κ2) is 9.20. The summed E-state index contributed by atoms with van der Waals surface area (Å²) in [4.78, 5) is 23.2. The standard InChI is InChI=1S/C14H17Cl2N3O5S.ClH/c15-8-4-9(16)6-10(5-8)25(23,24)19-3-1-2-12(19)13(20)18-11(7-17)14(21)22;/h4-6,11-12H,1-3,7,17H2,(H,18,20)(H,21,22);1H/t11-,12-;/m0./s1. The Balaban J connectivity index is 0.00000338. The number of nitrogens with two attached hydrogens (primary N) is 1. The van der Waals surface area contributed by atoms with E-state index in [2.05, 4.69) is 5.32 Å². The number of aliphatic carboxylic acids is 1. The van der Waals surface area contributed by atoms with E-state index in [1.807, 2.05) is 0 Å². The number of hydrogen-bond donors (Lipinski definition) is 3. The smallest absolute Gasteiger partial charge is 0.327 e. The van der Waals surface area contributed by atoms with E-state index in [1.165, 1.54) is 18.2 Å². The Morgan fingerprint density at radius 3 is 2.38 bits per heavy atom. The SMILES string of the molecule is Cl.NC[C@H](NC(=O)[C@@H]1CCCN1S(=O)(=O)c1cc(Cl)cc(Cl)c1)C(=O)O. The minimum absolute atomic E-state index is 0. The molecule has 1 heterocycles. The quantitative estimate of drug-likeness (QED) is 0.600. The predicted octanol–water partition coefficient (Wildman–Crippen LogP) is 1.10. The molecule has 26 heavy (non-hydrogen) atoms. The first kappa shape index (κ1) is 22.9. The van der Waals surface area contributed by atoms with Gasteiger partial charge in [0.25, 0.3) is 0 Å². The van der Waals surface area contributed by atoms with Crippen LogP contribution in [0.25, 0.3) is 0 Å². The summed E-state index contributed by atoms with van der Waals surface area (Å²) in [5.74, 6) is -1.99. The average molecular weight is 447 g/mol. The molecule has 0 radical (unpaired) electrons. The maximum atomic E-state index is 12.8. The van der Waals surface area contributed by atoms with Gasteiger partial charge in [-0.15, -0.1) is 12.4 Å². The maximum absolute atomic E-state index is 12.8. The van der Waals surface area contributed by atoms with E-state index < -0.39 is 34.0 Å². The topological polar surface area (TPSA) is 130 Å². The summed E-state index contributed by atoms with van der Waals surface area (Å²) in [6.07, 6.45) is 0.738. The van der Waals surface area contributed by atoms with Crippen molar-refractivity contribution >= 4 is 57.5 Å². The number of carboxylic acid groups (broad SMARTS) is 1. The molecule has 1 aliphatic rings. The third-order valence-corrected chi connectivity index (χ3v) is 6.12. The van der Waals surface area contributed by atoms with Gasteiger partial charge < -0.3 is 16.2 Å². The largest absolute Gasteiger partial charge is 0.480 e. The van der Waals surface area contributed by atoms with Crippen LogP contribution in [0, 0.1) is 0 Å². The van der Waals surface area contributed by atoms with Crippen molar-refractivity contribution in [1.29, 1.82) is 0 Å². The average Bonchev–Trinajstić information content (AvgIpc) is 3.01. The zero-order valence-electron chi connectivity index (χ0n) is 13.4. The van der Waals surface area contributed by atoms with E-state index >= 15 is 0 Å². The molecule has 0 bridgehead atoms. The minimum atomic E-state index is -4.02. The summed E-state index contributed by atoms with van der Waals surface area (Å²) in [5.41, 5.74) is 5.31. The van der Waals surface area contributed by atoms with Crippen LogP contribution in [0.2, 0.25) is 10.0 Å². The number of carboxylic acids is 1. The number of halogens is 3. The molecule has 1 aromatic carbocycles. The molecule has 1 saturated heterocycles. The van der Waals surface area contributed by atoms with Gasteiger partial charge in [0.2, 0.25) is 15.9 Å². The van der Waals surface area contributed by atoms with Gasteiger partial charge in [-0.1, -0.05) is 23.2 Å². The van der Waals surface area contributed by atoms with Crippen molar-refractivity contribution in [2.24, 2.45) is 5.73 Å². The first-order valence-corrected chi connectivity index (χ1v) is 9.57. The van der Waals surface area contributed by atoms with Gasteiger partial charge in [-0.2, -0.15) is 4.31 Å². The third kappa shape index (κ3) is 4.99. The number of carbonyl (C=O) groups is 2. The maximum Gasteiger partial charge on any atom is 0.327 e. The predicted molar refractivity (Wildman–Crippen MR) is 99.2 cm³/mol. The lowest BCUT2D eigenvalue weighted by Crippen LogP contribution is -2.53. The molecule has 0 aliphatic carbocycles. The highest BCUT2D eigenvalue weighted by atomic mass is 35.5. The molecule has 0 saturated carbocycles. The molecule has 0 spiro atoms. The highest BCUT2D eigenvalue weighted by Crippen LogP contribution is 2.29. The second-order valence-corrected chi connectivity index (χ2v) is 8.28. The Morgan fingerprint density at radius 1 is 1.31 bits per heavy atom. The van der Waals surface area contributed by atoms with Crippen LogP contribution in [0.3, 0.4) is 0 Å². The Kier molecular flexibility index (Phi) is 8.12. The summed E-state index contributed by atoms with van der Waals surface area (Å²) < 4.78 is 26.7. The van der Waals surface area contributed by atoms with E-state index in [0.717, 1.165) is 4.31 Å². The van der Waals surface area contributed by atoms with Crippen molar-refractivity contribution in [3.63, 3.8) is 0 Å². The van der Waals surface area contributed by atoms with Crippen molar-refractivity contribution in [3.05, 3.63) is 28.2 Å². The molecule has 1 aliphatic heterocycles. The van der Waals surface area contributed by atoms with Crippen LogP contribution < -0.4 is 11.1 Å². The van der Waals surface area contributed by atoms with E-state index in [4.69, 9.17) is 34.0 Å². The Morgan fingerprint density at radius 2 is 1.88 bits per heavy atom. The lowest BCUT2D eigenvalue weighted by Gasteiger charge is -2.24. The van der Waals surface area contributed by atoms with Gasteiger partial charge in [0.15, 0.2) is 0 Å². The Bertz CT molecular complexity index is 770. The van der Waals surface area contributed by atoms with Gasteiger partial charge in [-0.3, -0.25) is 4.79 Å². The van der Waals surface area contributed by atoms with E-state index in [0.29, 0.717) is 6.42 Å². The van der Waals surface area contributed by atoms with Crippen LogP contribution >= 0.6 is 35.6 Å². The number of hydrogen-bond acceptors (Lipinski definition) is 5. The van der Waals surface area contributed by atoms with Crippen molar-refractivity contribution in [1.82, 2.24) is 9.62 Å². The fraction of sp³-hybridized carbons (Fsp3) is 0.429. The molecule has 8 nitrogen and oxygen atoms in total. The lowest BCUT2D eigenvalue weighted by atomic mass is 10.2. The molecule has 2 rings (SSSR count). The summed E-state index contributed by atoms with van der Waals surface area (Å²) in [6, 6.07) is 1.59. The summed E-state index contributed by atoms with van der Waals surface area (Å²) >= 11 is 11.7. The minimum Gasteiger partial charge on any atom is -0.480 e. The van der Waals surface area contributed by atoms with E-state index in [1.54, 1.807) is 0 Å². The number of nitrogens with one attached hydrogen (secondary N) is 1. The van der Waals surface area contributed by atoms with Gasteiger partial charge in [-0.25, -0.2) is 13.2 Å². The van der Waals surface area contributed by atoms with Crippen LogP contribution in [0.1, 0.15) is 12.8 Å². The van der Waals surface area contributed by atoms with Crippen LogP contribution in [-0.2, 0) is 19.6 Å². The van der Waals surface area contributed by atoms with Crippen LogP contribution in [0.5, 0.6) is 0 Å². The summed E-state index contributed by atoms with van der Waals surface area (Å²) in [6.45, 7) is -0.171. The molecular formula is C14H18Cl3N3O5S. The van der Waals surface area contributed by atoms with E-state index in [-0.39, 0.29) is 46.9 Å². The molecular weight excluding hydrogens is 429 g/mol. The van der Waals surface area contributed by atoms with E-state index in [9.17, 15) is 18.0 Å². The molecule has 12 heteroatoms. The van der Waals surface area contributed by atoms with Crippen molar-refractivity contribution in [2.45, 2.75) is 29.8 Å². The zero-order chi connectivity index (χ0) is 18.8. The summed E-state index contributed by atoms with van der Waals surface area (Å²) in [5, 5.41) is 11.5. The van der Waals surface area contributed by atoms with Crippen molar-refractivity contribution in [3.8, 4) is 0 Å². The monoisotopic (exact) mass is 445 g/mol. The normalized spacial score (nSPS) is 18.8. The lowest BCUT2D eigenvalue weighted by molar-refractivity contribution is -0.142. The highest BCUT2D eigenvalue weighted by molar-refractivity contribution is 7.89.